The summed E-state index contributed by atoms with van der Waals surface area (Å²) in [5.74, 6) is -1.42. The van der Waals surface area contributed by atoms with Crippen LogP contribution in [0.1, 0.15) is 34.1 Å². The summed E-state index contributed by atoms with van der Waals surface area (Å²) in [6.07, 6.45) is 0.338. The standard InChI is InChI=1S/C20H21N3O6/c1-4-19(25)21-15-8-5-13(6-9-15)18(24)12-29-20(26)14-7-10-16(22(2)3)17(11-14)23(27)28/h5-11H,4,12H2,1-3H3,(H,21,25). The van der Waals surface area contributed by atoms with E-state index in [0.717, 1.165) is 6.07 Å². The Bertz CT molecular complexity index is 938. The maximum absolute atomic E-state index is 12.2. The molecule has 2 aromatic rings. The third kappa shape index (κ3) is 5.61. The van der Waals surface area contributed by atoms with Crippen LogP contribution in [0.25, 0.3) is 0 Å². The van der Waals surface area contributed by atoms with Gasteiger partial charge < -0.3 is 15.0 Å². The quantitative estimate of drug-likeness (QED) is 0.314. The number of ketones is 1. The van der Waals surface area contributed by atoms with Crippen molar-refractivity contribution in [3.63, 3.8) is 0 Å². The summed E-state index contributed by atoms with van der Waals surface area (Å²) < 4.78 is 5.00. The monoisotopic (exact) mass is 399 g/mol. The number of carbonyl (C=O) groups excluding carboxylic acids is 3. The van der Waals surface area contributed by atoms with Gasteiger partial charge in [0, 0.05) is 37.8 Å². The summed E-state index contributed by atoms with van der Waals surface area (Å²) in [6.45, 7) is 1.22. The number of Topliss-reactive ketones (excluding diaryl/α,β-unsaturated/α-hetero) is 1. The molecule has 0 spiro atoms. The highest BCUT2D eigenvalue weighted by molar-refractivity contribution is 6.00. The van der Waals surface area contributed by atoms with Crippen LogP contribution < -0.4 is 10.2 Å². The van der Waals surface area contributed by atoms with E-state index < -0.39 is 23.3 Å². The van der Waals surface area contributed by atoms with Crippen LogP contribution in [0, 0.1) is 10.1 Å². The normalized spacial score (nSPS) is 10.2. The average molecular weight is 399 g/mol. The summed E-state index contributed by atoms with van der Waals surface area (Å²) in [7, 11) is 3.30. The number of nitro benzene ring substituents is 1. The lowest BCUT2D eigenvalue weighted by molar-refractivity contribution is -0.384. The summed E-state index contributed by atoms with van der Waals surface area (Å²) in [5, 5.41) is 13.9. The number of rotatable bonds is 8. The Morgan fingerprint density at radius 2 is 1.69 bits per heavy atom. The molecular formula is C20H21N3O6. The molecule has 0 radical (unpaired) electrons. The number of amides is 1. The summed E-state index contributed by atoms with van der Waals surface area (Å²) in [6, 6.07) is 10.1. The molecular weight excluding hydrogens is 378 g/mol. The van der Waals surface area contributed by atoms with Gasteiger partial charge in [0.2, 0.25) is 5.91 Å². The number of nitrogens with zero attached hydrogens (tertiary/aromatic N) is 2. The number of anilines is 2. The molecule has 29 heavy (non-hydrogen) atoms. The van der Waals surface area contributed by atoms with Crippen LogP contribution in [0.2, 0.25) is 0 Å². The van der Waals surface area contributed by atoms with Crippen molar-refractivity contribution >= 4 is 34.7 Å². The average Bonchev–Trinajstić information content (AvgIpc) is 2.71. The molecule has 0 aliphatic carbocycles. The lowest BCUT2D eigenvalue weighted by Crippen LogP contribution is -2.16. The zero-order valence-corrected chi connectivity index (χ0v) is 16.3. The van der Waals surface area contributed by atoms with Crippen LogP contribution >= 0.6 is 0 Å². The summed E-state index contributed by atoms with van der Waals surface area (Å²) in [5.41, 5.74) is 0.950. The van der Waals surface area contributed by atoms with E-state index >= 15 is 0 Å². The number of hydrogen-bond donors (Lipinski definition) is 1. The van der Waals surface area contributed by atoms with Crippen molar-refractivity contribution in [3.05, 3.63) is 63.7 Å². The van der Waals surface area contributed by atoms with Crippen molar-refractivity contribution in [2.75, 3.05) is 30.9 Å². The molecule has 0 aliphatic heterocycles. The van der Waals surface area contributed by atoms with E-state index in [9.17, 15) is 24.5 Å². The molecule has 0 atom stereocenters. The first-order chi connectivity index (χ1) is 13.7. The molecule has 0 saturated heterocycles. The lowest BCUT2D eigenvalue weighted by atomic mass is 10.1. The number of hydrogen-bond acceptors (Lipinski definition) is 7. The number of benzene rings is 2. The van der Waals surface area contributed by atoms with Crippen LogP contribution in [-0.2, 0) is 9.53 Å². The van der Waals surface area contributed by atoms with Crippen LogP contribution in [-0.4, -0.2) is 43.3 Å². The molecule has 0 unspecified atom stereocenters. The molecule has 0 aromatic heterocycles. The maximum Gasteiger partial charge on any atom is 0.338 e. The number of ether oxygens (including phenoxy) is 1. The van der Waals surface area contributed by atoms with Crippen molar-refractivity contribution in [3.8, 4) is 0 Å². The molecule has 152 valence electrons. The number of esters is 1. The van der Waals surface area contributed by atoms with Crippen molar-refractivity contribution in [1.29, 1.82) is 0 Å². The van der Waals surface area contributed by atoms with E-state index in [1.54, 1.807) is 38.1 Å². The van der Waals surface area contributed by atoms with E-state index in [1.165, 1.54) is 24.3 Å². The van der Waals surface area contributed by atoms with E-state index in [0.29, 0.717) is 23.4 Å². The van der Waals surface area contributed by atoms with Gasteiger partial charge >= 0.3 is 5.97 Å². The molecule has 2 aromatic carbocycles. The molecule has 0 heterocycles. The Morgan fingerprint density at radius 1 is 1.07 bits per heavy atom. The minimum atomic E-state index is -0.835. The van der Waals surface area contributed by atoms with Crippen LogP contribution in [0.5, 0.6) is 0 Å². The SMILES string of the molecule is CCC(=O)Nc1ccc(C(=O)COC(=O)c2ccc(N(C)C)c([N+](=O)[O-])c2)cc1. The molecule has 9 heteroatoms. The lowest BCUT2D eigenvalue weighted by Gasteiger charge is -2.13. The second-order valence-corrected chi connectivity index (χ2v) is 6.33. The Hall–Kier alpha value is -3.75. The summed E-state index contributed by atoms with van der Waals surface area (Å²) >= 11 is 0. The zero-order chi connectivity index (χ0) is 21.6. The van der Waals surface area contributed by atoms with Gasteiger partial charge in [-0.15, -0.1) is 0 Å². The largest absolute Gasteiger partial charge is 0.454 e. The maximum atomic E-state index is 12.2. The number of carbonyl (C=O) groups is 3. The second kappa shape index (κ2) is 9.45. The Morgan fingerprint density at radius 3 is 2.24 bits per heavy atom. The Kier molecular flexibility index (Phi) is 7.02. The third-order valence-electron chi connectivity index (χ3n) is 4.04. The minimum Gasteiger partial charge on any atom is -0.454 e. The van der Waals surface area contributed by atoms with Gasteiger partial charge in [0.25, 0.3) is 5.69 Å². The molecule has 1 amide bonds. The van der Waals surface area contributed by atoms with E-state index in [4.69, 9.17) is 4.74 Å². The van der Waals surface area contributed by atoms with Crippen molar-refractivity contribution in [2.24, 2.45) is 0 Å². The molecule has 0 fully saturated rings. The first-order valence-corrected chi connectivity index (χ1v) is 8.79. The highest BCUT2D eigenvalue weighted by Crippen LogP contribution is 2.28. The number of nitrogens with one attached hydrogen (secondary N) is 1. The molecule has 1 N–H and O–H groups in total. The highest BCUT2D eigenvalue weighted by Gasteiger charge is 2.20. The molecule has 0 bridgehead atoms. The van der Waals surface area contributed by atoms with Gasteiger partial charge in [-0.2, -0.15) is 0 Å². The first kappa shape index (κ1) is 21.5. The second-order valence-electron chi connectivity index (χ2n) is 6.33. The molecule has 0 saturated carbocycles. The van der Waals surface area contributed by atoms with Crippen molar-refractivity contribution in [1.82, 2.24) is 0 Å². The topological polar surface area (TPSA) is 119 Å². The van der Waals surface area contributed by atoms with Gasteiger partial charge in [-0.05, 0) is 36.4 Å². The minimum absolute atomic E-state index is 0.0206. The van der Waals surface area contributed by atoms with Crippen molar-refractivity contribution in [2.45, 2.75) is 13.3 Å². The van der Waals surface area contributed by atoms with Crippen molar-refractivity contribution < 1.29 is 24.0 Å². The van der Waals surface area contributed by atoms with Gasteiger partial charge in [-0.3, -0.25) is 19.7 Å². The van der Waals surface area contributed by atoms with E-state index in [2.05, 4.69) is 5.32 Å². The Labute approximate surface area is 167 Å². The number of nitro groups is 1. The summed E-state index contributed by atoms with van der Waals surface area (Å²) in [4.78, 5) is 47.9. The van der Waals surface area contributed by atoms with Gasteiger partial charge in [0.1, 0.15) is 5.69 Å². The third-order valence-corrected chi connectivity index (χ3v) is 4.04. The fourth-order valence-corrected chi connectivity index (χ4v) is 2.46. The van der Waals surface area contributed by atoms with Gasteiger partial charge in [0.15, 0.2) is 12.4 Å². The van der Waals surface area contributed by atoms with Crippen LogP contribution in [0.4, 0.5) is 17.1 Å². The molecule has 9 nitrogen and oxygen atoms in total. The van der Waals surface area contributed by atoms with Gasteiger partial charge in [-0.25, -0.2) is 4.79 Å². The molecule has 0 aliphatic rings. The van der Waals surface area contributed by atoms with E-state index in [1.807, 2.05) is 0 Å². The fourth-order valence-electron chi connectivity index (χ4n) is 2.46. The zero-order valence-electron chi connectivity index (χ0n) is 16.3. The van der Waals surface area contributed by atoms with Crippen LogP contribution in [0.15, 0.2) is 42.5 Å². The molecule has 2 rings (SSSR count). The predicted molar refractivity (Wildman–Crippen MR) is 107 cm³/mol. The van der Waals surface area contributed by atoms with Gasteiger partial charge in [-0.1, -0.05) is 6.92 Å². The fraction of sp³-hybridized carbons (Fsp3) is 0.250. The Balaban J connectivity index is 2.03. The van der Waals surface area contributed by atoms with E-state index in [-0.39, 0.29) is 17.2 Å². The van der Waals surface area contributed by atoms with Crippen LogP contribution in [0.3, 0.4) is 0 Å². The first-order valence-electron chi connectivity index (χ1n) is 8.79. The predicted octanol–water partition coefficient (Wildman–Crippen LogP) is 3.05. The highest BCUT2D eigenvalue weighted by atomic mass is 16.6. The smallest absolute Gasteiger partial charge is 0.338 e. The van der Waals surface area contributed by atoms with Gasteiger partial charge in [0.05, 0.1) is 10.5 Å².